The lowest BCUT2D eigenvalue weighted by Crippen LogP contribution is -2.05. The van der Waals surface area contributed by atoms with Crippen LogP contribution in [0.25, 0.3) is 0 Å². The second kappa shape index (κ2) is 7.59. The standard InChI is InChI=1S/C11H18O2/c1-3-5-6-8-10(7-4-2)9-11(12)13/h3-4,7,10H,1,5-6,8-9H2,2H3,(H,12,13). The SMILES string of the molecule is C=CCCCC(C=CC)CC(=O)O. The van der Waals surface area contributed by atoms with Crippen LogP contribution in [0.3, 0.4) is 0 Å². The summed E-state index contributed by atoms with van der Waals surface area (Å²) >= 11 is 0. The summed E-state index contributed by atoms with van der Waals surface area (Å²) in [5.74, 6) is -0.538. The molecular weight excluding hydrogens is 164 g/mol. The van der Waals surface area contributed by atoms with Crippen LogP contribution >= 0.6 is 0 Å². The van der Waals surface area contributed by atoms with Gasteiger partial charge in [-0.05, 0) is 32.1 Å². The van der Waals surface area contributed by atoms with Crippen LogP contribution < -0.4 is 0 Å². The maximum absolute atomic E-state index is 10.5. The predicted octanol–water partition coefficient (Wildman–Crippen LogP) is 3.01. The molecule has 1 N–H and O–H groups in total. The minimum absolute atomic E-state index is 0.183. The Morgan fingerprint density at radius 3 is 2.77 bits per heavy atom. The van der Waals surface area contributed by atoms with Crippen LogP contribution in [-0.4, -0.2) is 11.1 Å². The fraction of sp³-hybridized carbons (Fsp3) is 0.545. The lowest BCUT2D eigenvalue weighted by atomic mass is 9.98. The molecule has 2 nitrogen and oxygen atoms in total. The molecule has 0 aliphatic rings. The second-order valence-corrected chi connectivity index (χ2v) is 3.10. The van der Waals surface area contributed by atoms with Crippen molar-refractivity contribution in [1.29, 1.82) is 0 Å². The maximum Gasteiger partial charge on any atom is 0.303 e. The Morgan fingerprint density at radius 2 is 2.31 bits per heavy atom. The van der Waals surface area contributed by atoms with Crippen LogP contribution in [0.4, 0.5) is 0 Å². The van der Waals surface area contributed by atoms with Gasteiger partial charge in [-0.15, -0.1) is 6.58 Å². The number of hydrogen-bond donors (Lipinski definition) is 1. The largest absolute Gasteiger partial charge is 0.481 e. The molecule has 0 saturated carbocycles. The van der Waals surface area contributed by atoms with Gasteiger partial charge in [-0.25, -0.2) is 0 Å². The van der Waals surface area contributed by atoms with Gasteiger partial charge in [0.1, 0.15) is 0 Å². The summed E-state index contributed by atoms with van der Waals surface area (Å²) in [4.78, 5) is 10.5. The first kappa shape index (κ1) is 11.9. The molecule has 0 aliphatic carbocycles. The first-order valence-corrected chi connectivity index (χ1v) is 4.66. The number of allylic oxidation sites excluding steroid dienone is 3. The van der Waals surface area contributed by atoms with Gasteiger partial charge < -0.3 is 5.11 Å². The van der Waals surface area contributed by atoms with E-state index in [-0.39, 0.29) is 12.3 Å². The average molecular weight is 182 g/mol. The summed E-state index contributed by atoms with van der Waals surface area (Å²) in [6.45, 7) is 5.55. The van der Waals surface area contributed by atoms with E-state index in [9.17, 15) is 4.79 Å². The summed E-state index contributed by atoms with van der Waals surface area (Å²) in [5.41, 5.74) is 0. The highest BCUT2D eigenvalue weighted by molar-refractivity contribution is 5.67. The Labute approximate surface area is 80.0 Å². The highest BCUT2D eigenvalue weighted by Crippen LogP contribution is 2.14. The quantitative estimate of drug-likeness (QED) is 0.485. The molecule has 0 aliphatic heterocycles. The van der Waals surface area contributed by atoms with E-state index in [1.165, 1.54) is 0 Å². The van der Waals surface area contributed by atoms with Crippen molar-refractivity contribution in [2.75, 3.05) is 0 Å². The van der Waals surface area contributed by atoms with Gasteiger partial charge in [-0.2, -0.15) is 0 Å². The Hall–Kier alpha value is -1.05. The molecule has 0 heterocycles. The first-order chi connectivity index (χ1) is 6.20. The van der Waals surface area contributed by atoms with Crippen LogP contribution in [0.2, 0.25) is 0 Å². The van der Waals surface area contributed by atoms with E-state index < -0.39 is 5.97 Å². The van der Waals surface area contributed by atoms with Crippen LogP contribution in [0.5, 0.6) is 0 Å². The molecule has 0 aromatic rings. The van der Waals surface area contributed by atoms with Gasteiger partial charge in [0.15, 0.2) is 0 Å². The lowest BCUT2D eigenvalue weighted by molar-refractivity contribution is -0.137. The van der Waals surface area contributed by atoms with Crippen LogP contribution in [0.15, 0.2) is 24.8 Å². The van der Waals surface area contributed by atoms with Gasteiger partial charge in [0.2, 0.25) is 0 Å². The number of rotatable bonds is 7. The molecule has 74 valence electrons. The normalized spacial score (nSPS) is 13.0. The third-order valence-electron chi connectivity index (χ3n) is 1.88. The monoisotopic (exact) mass is 182 g/mol. The van der Waals surface area contributed by atoms with Gasteiger partial charge in [0.05, 0.1) is 6.42 Å². The zero-order chi connectivity index (χ0) is 10.1. The fourth-order valence-corrected chi connectivity index (χ4v) is 1.29. The Kier molecular flexibility index (Phi) is 6.98. The van der Waals surface area contributed by atoms with Gasteiger partial charge in [0, 0.05) is 0 Å². The summed E-state index contributed by atoms with van der Waals surface area (Å²) in [6, 6.07) is 0. The summed E-state index contributed by atoms with van der Waals surface area (Å²) in [6.07, 6.45) is 8.91. The van der Waals surface area contributed by atoms with Gasteiger partial charge in [-0.3, -0.25) is 4.79 Å². The molecule has 2 heteroatoms. The van der Waals surface area contributed by atoms with Crippen molar-refractivity contribution in [1.82, 2.24) is 0 Å². The number of unbranched alkanes of at least 4 members (excludes halogenated alkanes) is 1. The number of carboxylic acids is 1. The number of carbonyl (C=O) groups is 1. The molecule has 0 saturated heterocycles. The van der Waals surface area contributed by atoms with E-state index in [4.69, 9.17) is 5.11 Å². The van der Waals surface area contributed by atoms with E-state index in [1.54, 1.807) is 0 Å². The Balaban J connectivity index is 3.79. The van der Waals surface area contributed by atoms with Gasteiger partial charge in [-0.1, -0.05) is 18.2 Å². The Morgan fingerprint density at radius 1 is 1.62 bits per heavy atom. The van der Waals surface area contributed by atoms with Crippen LogP contribution in [0.1, 0.15) is 32.6 Å². The highest BCUT2D eigenvalue weighted by Gasteiger charge is 2.08. The number of aliphatic carboxylic acids is 1. The third-order valence-corrected chi connectivity index (χ3v) is 1.88. The molecule has 1 unspecified atom stereocenters. The summed E-state index contributed by atoms with van der Waals surface area (Å²) in [5, 5.41) is 8.61. The molecule has 0 fully saturated rings. The van der Waals surface area contributed by atoms with E-state index in [0.29, 0.717) is 0 Å². The number of hydrogen-bond acceptors (Lipinski definition) is 1. The molecule has 0 bridgehead atoms. The molecule has 0 rings (SSSR count). The van der Waals surface area contributed by atoms with Crippen LogP contribution in [0, 0.1) is 5.92 Å². The van der Waals surface area contributed by atoms with E-state index >= 15 is 0 Å². The van der Waals surface area contributed by atoms with Crippen molar-refractivity contribution in [3.63, 3.8) is 0 Å². The van der Waals surface area contributed by atoms with E-state index in [1.807, 2.05) is 25.2 Å². The van der Waals surface area contributed by atoms with Crippen molar-refractivity contribution >= 4 is 5.97 Å². The van der Waals surface area contributed by atoms with Crippen molar-refractivity contribution in [2.24, 2.45) is 5.92 Å². The maximum atomic E-state index is 10.5. The molecule has 0 amide bonds. The van der Waals surface area contributed by atoms with E-state index in [0.717, 1.165) is 19.3 Å². The fourth-order valence-electron chi connectivity index (χ4n) is 1.29. The van der Waals surface area contributed by atoms with Crippen molar-refractivity contribution < 1.29 is 9.90 Å². The topological polar surface area (TPSA) is 37.3 Å². The zero-order valence-corrected chi connectivity index (χ0v) is 8.20. The smallest absolute Gasteiger partial charge is 0.303 e. The van der Waals surface area contributed by atoms with Gasteiger partial charge >= 0.3 is 5.97 Å². The Bertz CT molecular complexity index is 183. The van der Waals surface area contributed by atoms with E-state index in [2.05, 4.69) is 6.58 Å². The lowest BCUT2D eigenvalue weighted by Gasteiger charge is -2.08. The molecule has 0 aromatic heterocycles. The average Bonchev–Trinajstić information content (AvgIpc) is 2.04. The molecular formula is C11H18O2. The molecule has 0 aromatic carbocycles. The summed E-state index contributed by atoms with van der Waals surface area (Å²) < 4.78 is 0. The molecule has 0 radical (unpaired) electrons. The van der Waals surface area contributed by atoms with Crippen molar-refractivity contribution in [3.05, 3.63) is 24.8 Å². The second-order valence-electron chi connectivity index (χ2n) is 3.10. The molecule has 0 spiro atoms. The molecule has 1 atom stereocenters. The highest BCUT2D eigenvalue weighted by atomic mass is 16.4. The minimum atomic E-state index is -0.721. The van der Waals surface area contributed by atoms with Gasteiger partial charge in [0.25, 0.3) is 0 Å². The zero-order valence-electron chi connectivity index (χ0n) is 8.20. The summed E-state index contributed by atoms with van der Waals surface area (Å²) in [7, 11) is 0. The molecule has 13 heavy (non-hydrogen) atoms. The van der Waals surface area contributed by atoms with Crippen molar-refractivity contribution in [2.45, 2.75) is 32.6 Å². The number of carboxylic acid groups (broad SMARTS) is 1. The predicted molar refractivity (Wildman–Crippen MR) is 54.6 cm³/mol. The van der Waals surface area contributed by atoms with Crippen LogP contribution in [-0.2, 0) is 4.79 Å². The third kappa shape index (κ3) is 7.32. The van der Waals surface area contributed by atoms with Crippen molar-refractivity contribution in [3.8, 4) is 0 Å². The minimum Gasteiger partial charge on any atom is -0.481 e. The first-order valence-electron chi connectivity index (χ1n) is 4.66.